The zero-order chi connectivity index (χ0) is 13.8. The number of rotatable bonds is 12. The summed E-state index contributed by atoms with van der Waals surface area (Å²) in [5.74, 6) is 0. The number of unbranched alkanes of at least 4 members (excludes halogenated alkanes) is 3. The van der Waals surface area contributed by atoms with Crippen molar-refractivity contribution in [3.63, 3.8) is 0 Å². The molecule has 0 fully saturated rings. The van der Waals surface area contributed by atoms with Gasteiger partial charge in [0, 0.05) is 0 Å². The van der Waals surface area contributed by atoms with Gasteiger partial charge in [0.15, 0.2) is 0 Å². The Morgan fingerprint density at radius 2 is 1.72 bits per heavy atom. The molecule has 0 bridgehead atoms. The highest BCUT2D eigenvalue weighted by molar-refractivity contribution is 4.60. The molecule has 3 unspecified atom stereocenters. The van der Waals surface area contributed by atoms with Crippen molar-refractivity contribution in [1.82, 2.24) is 0 Å². The van der Waals surface area contributed by atoms with Gasteiger partial charge < -0.3 is 14.6 Å². The van der Waals surface area contributed by atoms with Crippen molar-refractivity contribution in [1.29, 1.82) is 0 Å². The van der Waals surface area contributed by atoms with Crippen molar-refractivity contribution >= 4 is 0 Å². The summed E-state index contributed by atoms with van der Waals surface area (Å²) in [7, 11) is 0. The Bertz CT molecular complexity index is 173. The second-order valence-electron chi connectivity index (χ2n) is 5.15. The first-order valence-corrected chi connectivity index (χ1v) is 7.51. The Kier molecular flexibility index (Phi) is 11.9. The van der Waals surface area contributed by atoms with E-state index in [1.807, 2.05) is 13.8 Å². The van der Waals surface area contributed by atoms with Gasteiger partial charge in [-0.05, 0) is 26.7 Å². The van der Waals surface area contributed by atoms with Crippen molar-refractivity contribution < 1.29 is 14.6 Å². The average Bonchev–Trinajstić information content (AvgIpc) is 2.39. The molecule has 3 nitrogen and oxygen atoms in total. The third-order valence-electron chi connectivity index (χ3n) is 3.13. The lowest BCUT2D eigenvalue weighted by atomic mass is 10.1. The molecule has 18 heavy (non-hydrogen) atoms. The zero-order valence-corrected chi connectivity index (χ0v) is 12.7. The van der Waals surface area contributed by atoms with Crippen LogP contribution in [0.4, 0.5) is 0 Å². The average molecular weight is 260 g/mol. The van der Waals surface area contributed by atoms with Gasteiger partial charge >= 0.3 is 0 Å². The quantitative estimate of drug-likeness (QED) is 0.545. The fourth-order valence-corrected chi connectivity index (χ4v) is 1.89. The van der Waals surface area contributed by atoms with E-state index in [9.17, 15) is 0 Å². The molecule has 1 N–H and O–H groups in total. The molecule has 0 aliphatic rings. The van der Waals surface area contributed by atoms with Crippen LogP contribution in [0.15, 0.2) is 0 Å². The van der Waals surface area contributed by atoms with Gasteiger partial charge in [-0.25, -0.2) is 0 Å². The van der Waals surface area contributed by atoms with Crippen LogP contribution >= 0.6 is 0 Å². The van der Waals surface area contributed by atoms with Crippen LogP contribution in [0.2, 0.25) is 0 Å². The van der Waals surface area contributed by atoms with Crippen molar-refractivity contribution in [3.8, 4) is 0 Å². The molecule has 0 aliphatic carbocycles. The monoisotopic (exact) mass is 260 g/mol. The molecule has 3 heteroatoms. The molecule has 0 amide bonds. The van der Waals surface area contributed by atoms with Crippen LogP contribution in [0.1, 0.15) is 66.2 Å². The zero-order valence-electron chi connectivity index (χ0n) is 12.7. The summed E-state index contributed by atoms with van der Waals surface area (Å²) in [6.45, 7) is 8.95. The van der Waals surface area contributed by atoms with Gasteiger partial charge in [-0.15, -0.1) is 0 Å². The van der Waals surface area contributed by atoms with Crippen LogP contribution < -0.4 is 0 Å². The first-order chi connectivity index (χ1) is 8.63. The van der Waals surface area contributed by atoms with Crippen LogP contribution in [0, 0.1) is 0 Å². The number of aliphatic hydroxyl groups is 1. The molecular weight excluding hydrogens is 228 g/mol. The standard InChI is InChI=1S/C15H32O3/c1-5-7-8-9-10-15(6-2)18-14(4)12-17-13(3)11-16/h13-16H,5-12H2,1-4H3. The predicted octanol–water partition coefficient (Wildman–Crippen LogP) is 3.54. The molecule has 3 atom stereocenters. The molecule has 0 aromatic heterocycles. The Hall–Kier alpha value is -0.120. The highest BCUT2D eigenvalue weighted by Gasteiger charge is 2.12. The number of hydrogen-bond acceptors (Lipinski definition) is 3. The van der Waals surface area contributed by atoms with Gasteiger partial charge in [-0.3, -0.25) is 0 Å². The number of aliphatic hydroxyl groups excluding tert-OH is 1. The fourth-order valence-electron chi connectivity index (χ4n) is 1.89. The van der Waals surface area contributed by atoms with E-state index in [4.69, 9.17) is 14.6 Å². The second kappa shape index (κ2) is 11.9. The van der Waals surface area contributed by atoms with Gasteiger partial charge in [-0.2, -0.15) is 0 Å². The molecule has 0 aromatic rings. The maximum absolute atomic E-state index is 8.88. The van der Waals surface area contributed by atoms with Crippen molar-refractivity contribution in [3.05, 3.63) is 0 Å². The van der Waals surface area contributed by atoms with Crippen molar-refractivity contribution in [2.75, 3.05) is 13.2 Å². The summed E-state index contributed by atoms with van der Waals surface area (Å²) in [6.07, 6.45) is 7.74. The van der Waals surface area contributed by atoms with E-state index in [1.165, 1.54) is 25.7 Å². The van der Waals surface area contributed by atoms with E-state index in [-0.39, 0.29) is 18.8 Å². The summed E-state index contributed by atoms with van der Waals surface area (Å²) in [6, 6.07) is 0. The van der Waals surface area contributed by atoms with Gasteiger partial charge in [0.25, 0.3) is 0 Å². The van der Waals surface area contributed by atoms with Crippen LogP contribution in [-0.4, -0.2) is 36.6 Å². The maximum Gasteiger partial charge on any atom is 0.0784 e. The summed E-state index contributed by atoms with van der Waals surface area (Å²) in [5.41, 5.74) is 0. The number of ether oxygens (including phenoxy) is 2. The first kappa shape index (κ1) is 17.9. The lowest BCUT2D eigenvalue weighted by Crippen LogP contribution is -2.26. The van der Waals surface area contributed by atoms with Crippen LogP contribution in [0.5, 0.6) is 0 Å². The van der Waals surface area contributed by atoms with E-state index in [0.717, 1.165) is 12.8 Å². The van der Waals surface area contributed by atoms with Crippen LogP contribution in [-0.2, 0) is 9.47 Å². The Morgan fingerprint density at radius 3 is 2.28 bits per heavy atom. The Labute approximate surface area is 113 Å². The largest absolute Gasteiger partial charge is 0.394 e. The van der Waals surface area contributed by atoms with Crippen LogP contribution in [0.3, 0.4) is 0 Å². The number of hydrogen-bond donors (Lipinski definition) is 1. The van der Waals surface area contributed by atoms with Gasteiger partial charge in [0.05, 0.1) is 31.5 Å². The molecule has 0 saturated heterocycles. The second-order valence-corrected chi connectivity index (χ2v) is 5.15. The predicted molar refractivity (Wildman–Crippen MR) is 75.9 cm³/mol. The molecule has 0 saturated carbocycles. The van der Waals surface area contributed by atoms with Crippen molar-refractivity contribution in [2.45, 2.75) is 84.5 Å². The van der Waals surface area contributed by atoms with E-state index in [0.29, 0.717) is 12.7 Å². The summed E-state index contributed by atoms with van der Waals surface area (Å²) in [5, 5.41) is 8.88. The fraction of sp³-hybridized carbons (Fsp3) is 1.00. The molecule has 0 radical (unpaired) electrons. The molecule has 0 aromatic carbocycles. The molecule has 0 heterocycles. The molecule has 0 rings (SSSR count). The lowest BCUT2D eigenvalue weighted by molar-refractivity contribution is -0.0753. The van der Waals surface area contributed by atoms with Crippen LogP contribution in [0.25, 0.3) is 0 Å². The minimum atomic E-state index is -0.0966. The van der Waals surface area contributed by atoms with Gasteiger partial charge in [0.2, 0.25) is 0 Å². The molecule has 0 spiro atoms. The minimum Gasteiger partial charge on any atom is -0.394 e. The van der Waals surface area contributed by atoms with E-state index >= 15 is 0 Å². The molecular formula is C15H32O3. The maximum atomic E-state index is 8.88. The first-order valence-electron chi connectivity index (χ1n) is 7.51. The van der Waals surface area contributed by atoms with E-state index in [2.05, 4.69) is 13.8 Å². The Balaban J connectivity index is 3.68. The van der Waals surface area contributed by atoms with Crippen molar-refractivity contribution in [2.24, 2.45) is 0 Å². The minimum absolute atomic E-state index is 0.0704. The summed E-state index contributed by atoms with van der Waals surface area (Å²) < 4.78 is 11.4. The Morgan fingerprint density at radius 1 is 1.00 bits per heavy atom. The highest BCUT2D eigenvalue weighted by atomic mass is 16.5. The van der Waals surface area contributed by atoms with E-state index < -0.39 is 0 Å². The third-order valence-corrected chi connectivity index (χ3v) is 3.13. The topological polar surface area (TPSA) is 38.7 Å². The third kappa shape index (κ3) is 9.86. The SMILES string of the molecule is CCCCCCC(CC)OC(C)COC(C)CO. The van der Waals surface area contributed by atoms with Gasteiger partial charge in [0.1, 0.15) is 0 Å². The summed E-state index contributed by atoms with van der Waals surface area (Å²) >= 11 is 0. The highest BCUT2D eigenvalue weighted by Crippen LogP contribution is 2.13. The van der Waals surface area contributed by atoms with E-state index in [1.54, 1.807) is 0 Å². The molecule has 110 valence electrons. The smallest absolute Gasteiger partial charge is 0.0784 e. The van der Waals surface area contributed by atoms with Gasteiger partial charge in [-0.1, -0.05) is 39.5 Å². The normalized spacial score (nSPS) is 16.5. The molecule has 0 aliphatic heterocycles. The summed E-state index contributed by atoms with van der Waals surface area (Å²) in [4.78, 5) is 0. The lowest BCUT2D eigenvalue weighted by Gasteiger charge is -2.22.